The normalized spacial score (nSPS) is 17.8. The minimum Gasteiger partial charge on any atom is -0.492 e. The molecule has 7 nitrogen and oxygen atoms in total. The molecule has 21 heavy (non-hydrogen) atoms. The van der Waals surface area contributed by atoms with Gasteiger partial charge < -0.3 is 15.4 Å². The van der Waals surface area contributed by atoms with E-state index < -0.39 is 10.0 Å². The van der Waals surface area contributed by atoms with E-state index in [0.717, 1.165) is 13.1 Å². The predicted octanol–water partition coefficient (Wildman–Crippen LogP) is 0.108. The number of piperazine rings is 1. The number of benzene rings is 1. The van der Waals surface area contributed by atoms with E-state index in [1.807, 2.05) is 7.05 Å². The van der Waals surface area contributed by atoms with Gasteiger partial charge >= 0.3 is 0 Å². The van der Waals surface area contributed by atoms with Crippen molar-refractivity contribution in [2.24, 2.45) is 0 Å². The van der Waals surface area contributed by atoms with Crippen LogP contribution in [-0.2, 0) is 10.0 Å². The number of anilines is 1. The van der Waals surface area contributed by atoms with Crippen molar-refractivity contribution in [3.63, 3.8) is 0 Å². The highest BCUT2D eigenvalue weighted by molar-refractivity contribution is 7.89. The van der Waals surface area contributed by atoms with Gasteiger partial charge in [-0.2, -0.15) is 0 Å². The standard InChI is InChI=1S/C13H22N4O3S/c1-3-20-12-5-4-11(14)10-13(12)21(18,19)15-17-8-6-16(2)7-9-17/h4-5,10,15H,3,6-9,14H2,1-2H3. The molecular formula is C13H22N4O3S. The second-order valence-electron chi connectivity index (χ2n) is 5.02. The number of sulfonamides is 1. The van der Waals surface area contributed by atoms with Crippen molar-refractivity contribution in [2.45, 2.75) is 11.8 Å². The molecule has 1 aliphatic heterocycles. The molecular weight excluding hydrogens is 292 g/mol. The number of hydrogen-bond acceptors (Lipinski definition) is 6. The van der Waals surface area contributed by atoms with E-state index in [4.69, 9.17) is 10.5 Å². The number of hydrazine groups is 1. The lowest BCUT2D eigenvalue weighted by Gasteiger charge is -2.32. The van der Waals surface area contributed by atoms with Crippen molar-refractivity contribution in [3.05, 3.63) is 18.2 Å². The summed E-state index contributed by atoms with van der Waals surface area (Å²) in [7, 11) is -1.69. The second-order valence-corrected chi connectivity index (χ2v) is 6.65. The van der Waals surface area contributed by atoms with Gasteiger partial charge in [0.15, 0.2) is 0 Å². The van der Waals surface area contributed by atoms with Crippen LogP contribution in [0.2, 0.25) is 0 Å². The van der Waals surface area contributed by atoms with Crippen LogP contribution >= 0.6 is 0 Å². The third kappa shape index (κ3) is 4.07. The van der Waals surface area contributed by atoms with E-state index in [-0.39, 0.29) is 4.90 Å². The molecule has 0 atom stereocenters. The van der Waals surface area contributed by atoms with E-state index in [2.05, 4.69) is 9.73 Å². The number of nitrogens with two attached hydrogens (primary N) is 1. The Labute approximate surface area is 125 Å². The largest absolute Gasteiger partial charge is 0.492 e. The van der Waals surface area contributed by atoms with Gasteiger partial charge in [-0.05, 0) is 32.2 Å². The van der Waals surface area contributed by atoms with Crippen LogP contribution in [0, 0.1) is 0 Å². The first kappa shape index (κ1) is 16.0. The summed E-state index contributed by atoms with van der Waals surface area (Å²) in [4.78, 5) is 4.82. The SMILES string of the molecule is CCOc1ccc(N)cc1S(=O)(=O)NN1CCN(C)CC1. The number of ether oxygens (including phenoxy) is 1. The quantitative estimate of drug-likeness (QED) is 0.750. The number of likely N-dealkylation sites (N-methyl/N-ethyl adjacent to an activating group) is 1. The fourth-order valence-electron chi connectivity index (χ4n) is 2.13. The molecule has 1 heterocycles. The van der Waals surface area contributed by atoms with Crippen LogP contribution in [0.15, 0.2) is 23.1 Å². The number of nitrogens with one attached hydrogen (secondary N) is 1. The Kier molecular flexibility index (Phi) is 5.04. The molecule has 118 valence electrons. The van der Waals surface area contributed by atoms with E-state index in [0.29, 0.717) is 31.1 Å². The van der Waals surface area contributed by atoms with Gasteiger partial charge in [0.2, 0.25) is 0 Å². The van der Waals surface area contributed by atoms with Crippen molar-refractivity contribution in [2.75, 3.05) is 45.6 Å². The molecule has 1 aliphatic rings. The molecule has 1 saturated heterocycles. The lowest BCUT2D eigenvalue weighted by Crippen LogP contribution is -2.52. The summed E-state index contributed by atoms with van der Waals surface area (Å²) in [6.07, 6.45) is 0. The van der Waals surface area contributed by atoms with Crippen LogP contribution in [0.3, 0.4) is 0 Å². The molecule has 0 saturated carbocycles. The molecule has 1 aromatic rings. The molecule has 1 aromatic carbocycles. The summed E-state index contributed by atoms with van der Waals surface area (Å²) in [6, 6.07) is 4.63. The maximum absolute atomic E-state index is 12.5. The molecule has 0 radical (unpaired) electrons. The summed E-state index contributed by atoms with van der Waals surface area (Å²) in [5.41, 5.74) is 6.09. The van der Waals surface area contributed by atoms with Gasteiger partial charge in [-0.3, -0.25) is 0 Å². The van der Waals surface area contributed by atoms with Crippen molar-refractivity contribution >= 4 is 15.7 Å². The summed E-state index contributed by atoms with van der Waals surface area (Å²) in [5.74, 6) is 0.313. The van der Waals surface area contributed by atoms with E-state index in [1.165, 1.54) is 6.07 Å². The Hall–Kier alpha value is -1.35. The topological polar surface area (TPSA) is 87.9 Å². The zero-order chi connectivity index (χ0) is 15.5. The Bertz CT molecular complexity index is 583. The summed E-state index contributed by atoms with van der Waals surface area (Å²) in [5, 5.41) is 1.70. The fraction of sp³-hybridized carbons (Fsp3) is 0.538. The van der Waals surface area contributed by atoms with Crippen LogP contribution in [-0.4, -0.2) is 58.2 Å². The van der Waals surface area contributed by atoms with Crippen LogP contribution in [0.25, 0.3) is 0 Å². The molecule has 0 bridgehead atoms. The van der Waals surface area contributed by atoms with Crippen molar-refractivity contribution in [1.29, 1.82) is 0 Å². The first-order chi connectivity index (χ1) is 9.92. The maximum atomic E-state index is 12.5. The highest BCUT2D eigenvalue weighted by atomic mass is 32.2. The average Bonchev–Trinajstić information content (AvgIpc) is 2.43. The highest BCUT2D eigenvalue weighted by Gasteiger charge is 2.24. The maximum Gasteiger partial charge on any atom is 0.257 e. The number of hydrogen-bond donors (Lipinski definition) is 2. The second kappa shape index (κ2) is 6.61. The zero-order valence-electron chi connectivity index (χ0n) is 12.4. The molecule has 3 N–H and O–H groups in total. The predicted molar refractivity (Wildman–Crippen MR) is 81.4 cm³/mol. The first-order valence-electron chi connectivity index (χ1n) is 6.90. The lowest BCUT2D eigenvalue weighted by molar-refractivity contribution is 0.134. The summed E-state index contributed by atoms with van der Waals surface area (Å²) < 4.78 is 30.4. The van der Waals surface area contributed by atoms with Crippen LogP contribution in [0.5, 0.6) is 5.75 Å². The molecule has 0 unspecified atom stereocenters. The van der Waals surface area contributed by atoms with Gasteiger partial charge in [0.25, 0.3) is 10.0 Å². The molecule has 8 heteroatoms. The van der Waals surface area contributed by atoms with Gasteiger partial charge in [0, 0.05) is 31.9 Å². The van der Waals surface area contributed by atoms with E-state index in [9.17, 15) is 8.42 Å². The van der Waals surface area contributed by atoms with E-state index >= 15 is 0 Å². The Morgan fingerprint density at radius 3 is 2.57 bits per heavy atom. The summed E-state index contributed by atoms with van der Waals surface area (Å²) >= 11 is 0. The number of nitrogens with zero attached hydrogens (tertiary/aromatic N) is 2. The Morgan fingerprint density at radius 2 is 1.95 bits per heavy atom. The lowest BCUT2D eigenvalue weighted by atomic mass is 10.3. The fourth-order valence-corrected chi connectivity index (χ4v) is 3.43. The Balaban J connectivity index is 2.20. The van der Waals surface area contributed by atoms with Gasteiger partial charge in [0.05, 0.1) is 6.61 Å². The molecule has 0 aliphatic carbocycles. The molecule has 0 spiro atoms. The average molecular weight is 314 g/mol. The number of rotatable bonds is 5. The zero-order valence-corrected chi connectivity index (χ0v) is 13.2. The van der Waals surface area contributed by atoms with Gasteiger partial charge in [-0.25, -0.2) is 13.4 Å². The minimum absolute atomic E-state index is 0.0725. The molecule has 0 amide bonds. The van der Waals surface area contributed by atoms with Crippen LogP contribution in [0.1, 0.15) is 6.92 Å². The third-order valence-electron chi connectivity index (χ3n) is 3.31. The minimum atomic E-state index is -3.70. The summed E-state index contributed by atoms with van der Waals surface area (Å²) in [6.45, 7) is 5.11. The first-order valence-corrected chi connectivity index (χ1v) is 8.39. The highest BCUT2D eigenvalue weighted by Crippen LogP contribution is 2.26. The van der Waals surface area contributed by atoms with Crippen molar-refractivity contribution in [1.82, 2.24) is 14.7 Å². The Morgan fingerprint density at radius 1 is 1.29 bits per heavy atom. The smallest absolute Gasteiger partial charge is 0.257 e. The van der Waals surface area contributed by atoms with Crippen molar-refractivity contribution < 1.29 is 13.2 Å². The van der Waals surface area contributed by atoms with Crippen LogP contribution in [0.4, 0.5) is 5.69 Å². The van der Waals surface area contributed by atoms with Crippen molar-refractivity contribution in [3.8, 4) is 5.75 Å². The van der Waals surface area contributed by atoms with Gasteiger partial charge in [0.1, 0.15) is 10.6 Å². The van der Waals surface area contributed by atoms with Gasteiger partial charge in [-0.15, -0.1) is 4.83 Å². The van der Waals surface area contributed by atoms with Gasteiger partial charge in [-0.1, -0.05) is 0 Å². The van der Waals surface area contributed by atoms with E-state index in [1.54, 1.807) is 24.1 Å². The van der Waals surface area contributed by atoms with Crippen LogP contribution < -0.4 is 15.3 Å². The molecule has 0 aromatic heterocycles. The molecule has 1 fully saturated rings. The number of nitrogen functional groups attached to an aromatic ring is 1. The monoisotopic (exact) mass is 314 g/mol. The third-order valence-corrected chi connectivity index (χ3v) is 4.71. The molecule has 2 rings (SSSR count).